The van der Waals surface area contributed by atoms with Crippen LogP contribution in [0.4, 0.5) is 0 Å². The van der Waals surface area contributed by atoms with Crippen LogP contribution in [0.3, 0.4) is 0 Å². The van der Waals surface area contributed by atoms with Crippen LogP contribution >= 0.6 is 0 Å². The number of hydrogen-bond acceptors (Lipinski definition) is 3. The zero-order valence-corrected chi connectivity index (χ0v) is 13.5. The van der Waals surface area contributed by atoms with Gasteiger partial charge in [-0.15, -0.1) is 0 Å². The summed E-state index contributed by atoms with van der Waals surface area (Å²) in [4.78, 5) is 6.96. The second-order valence-electron chi connectivity index (χ2n) is 6.99. The largest absolute Gasteiger partial charge is 0.311 e. The van der Waals surface area contributed by atoms with E-state index in [4.69, 9.17) is 0 Å². The summed E-state index contributed by atoms with van der Waals surface area (Å²) in [5.74, 6) is 0.892. The third kappa shape index (κ3) is 3.64. The van der Waals surface area contributed by atoms with Crippen LogP contribution in [0.15, 0.2) is 18.5 Å². The van der Waals surface area contributed by atoms with Crippen LogP contribution < -0.4 is 5.32 Å². The van der Waals surface area contributed by atoms with E-state index in [0.717, 1.165) is 19.0 Å². The third-order valence-corrected chi connectivity index (χ3v) is 5.47. The average molecular weight is 287 g/mol. The van der Waals surface area contributed by atoms with Gasteiger partial charge in [0.15, 0.2) is 0 Å². The molecule has 0 radical (unpaired) electrons. The van der Waals surface area contributed by atoms with E-state index in [2.05, 4.69) is 35.1 Å². The number of nitrogens with zero attached hydrogens (tertiary/aromatic N) is 2. The van der Waals surface area contributed by atoms with E-state index in [1.807, 2.05) is 12.4 Å². The van der Waals surface area contributed by atoms with Gasteiger partial charge in [-0.05, 0) is 49.8 Å². The summed E-state index contributed by atoms with van der Waals surface area (Å²) in [6.45, 7) is 7.91. The summed E-state index contributed by atoms with van der Waals surface area (Å²) in [7, 11) is 0. The molecular weight excluding hydrogens is 258 g/mol. The van der Waals surface area contributed by atoms with Crippen LogP contribution in [0.25, 0.3) is 0 Å². The van der Waals surface area contributed by atoms with Crippen LogP contribution in [-0.2, 0) is 6.54 Å². The van der Waals surface area contributed by atoms with Crippen molar-refractivity contribution in [2.45, 2.75) is 64.6 Å². The van der Waals surface area contributed by atoms with Gasteiger partial charge in [0.1, 0.15) is 0 Å². The number of aromatic nitrogens is 1. The molecule has 3 rings (SSSR count). The number of pyridine rings is 1. The third-order valence-electron chi connectivity index (χ3n) is 5.47. The molecule has 1 aromatic heterocycles. The maximum Gasteiger partial charge on any atom is 0.0315 e. The second-order valence-corrected chi connectivity index (χ2v) is 6.99. The Morgan fingerprint density at radius 3 is 2.86 bits per heavy atom. The number of piperazine rings is 1. The Bertz CT molecular complexity index is 454. The molecular formula is C18H29N3. The topological polar surface area (TPSA) is 28.2 Å². The van der Waals surface area contributed by atoms with Crippen LogP contribution in [0, 0.1) is 12.8 Å². The molecule has 0 bridgehead atoms. The maximum absolute atomic E-state index is 4.30. The normalized spacial score (nSPS) is 28.7. The Kier molecular flexibility index (Phi) is 4.91. The predicted octanol–water partition coefficient (Wildman–Crippen LogP) is 3.13. The van der Waals surface area contributed by atoms with E-state index in [9.17, 15) is 0 Å². The van der Waals surface area contributed by atoms with Gasteiger partial charge in [-0.2, -0.15) is 0 Å². The van der Waals surface area contributed by atoms with Gasteiger partial charge in [0.05, 0.1) is 0 Å². The highest BCUT2D eigenvalue weighted by atomic mass is 15.2. The van der Waals surface area contributed by atoms with E-state index >= 15 is 0 Å². The van der Waals surface area contributed by atoms with E-state index in [1.165, 1.54) is 49.8 Å². The molecule has 1 saturated carbocycles. The van der Waals surface area contributed by atoms with Crippen LogP contribution in [0.2, 0.25) is 0 Å². The first-order valence-corrected chi connectivity index (χ1v) is 8.61. The lowest BCUT2D eigenvalue weighted by molar-refractivity contribution is 0.0978. The molecule has 0 amide bonds. The van der Waals surface area contributed by atoms with Crippen molar-refractivity contribution in [2.24, 2.45) is 5.92 Å². The Morgan fingerprint density at radius 1 is 1.29 bits per heavy atom. The van der Waals surface area contributed by atoms with Gasteiger partial charge in [0.2, 0.25) is 0 Å². The lowest BCUT2D eigenvalue weighted by Gasteiger charge is -2.43. The summed E-state index contributed by atoms with van der Waals surface area (Å²) in [5, 5.41) is 3.81. The highest BCUT2D eigenvalue weighted by molar-refractivity contribution is 5.21. The lowest BCUT2D eigenvalue weighted by atomic mass is 9.82. The number of aryl methyl sites for hydroxylation is 1. The molecule has 3 heteroatoms. The molecule has 1 N–H and O–H groups in total. The van der Waals surface area contributed by atoms with Crippen molar-refractivity contribution >= 4 is 0 Å². The van der Waals surface area contributed by atoms with Crippen LogP contribution in [-0.4, -0.2) is 35.1 Å². The van der Waals surface area contributed by atoms with Gasteiger partial charge in [-0.25, -0.2) is 0 Å². The number of rotatable bonds is 3. The molecule has 2 heterocycles. The first kappa shape index (κ1) is 15.0. The van der Waals surface area contributed by atoms with Crippen molar-refractivity contribution in [3.05, 3.63) is 29.6 Å². The summed E-state index contributed by atoms with van der Waals surface area (Å²) in [6.07, 6.45) is 11.1. The molecule has 2 aliphatic rings. The van der Waals surface area contributed by atoms with Gasteiger partial charge < -0.3 is 5.32 Å². The molecule has 0 spiro atoms. The van der Waals surface area contributed by atoms with E-state index in [1.54, 1.807) is 0 Å². The zero-order chi connectivity index (χ0) is 14.7. The quantitative estimate of drug-likeness (QED) is 0.926. The molecule has 2 unspecified atom stereocenters. The second kappa shape index (κ2) is 6.89. The summed E-state index contributed by atoms with van der Waals surface area (Å²) in [6, 6.07) is 3.43. The predicted molar refractivity (Wildman–Crippen MR) is 87.2 cm³/mol. The minimum absolute atomic E-state index is 0.615. The SMILES string of the molecule is Cc1ccncc1CN1CC(C2CCCCC2)NCC1C. The lowest BCUT2D eigenvalue weighted by Crippen LogP contribution is -2.57. The highest BCUT2D eigenvalue weighted by Crippen LogP contribution is 2.28. The van der Waals surface area contributed by atoms with Crippen molar-refractivity contribution in [3.8, 4) is 0 Å². The molecule has 2 fully saturated rings. The van der Waals surface area contributed by atoms with Gasteiger partial charge in [-0.3, -0.25) is 9.88 Å². The summed E-state index contributed by atoms with van der Waals surface area (Å²) < 4.78 is 0. The maximum atomic E-state index is 4.30. The zero-order valence-electron chi connectivity index (χ0n) is 13.5. The minimum Gasteiger partial charge on any atom is -0.311 e. The van der Waals surface area contributed by atoms with Gasteiger partial charge in [0, 0.05) is 44.1 Å². The van der Waals surface area contributed by atoms with Crippen LogP contribution in [0.1, 0.15) is 50.2 Å². The molecule has 2 atom stereocenters. The van der Waals surface area contributed by atoms with E-state index < -0.39 is 0 Å². The Labute approximate surface area is 129 Å². The minimum atomic E-state index is 0.615. The average Bonchev–Trinajstić information content (AvgIpc) is 2.52. The molecule has 21 heavy (non-hydrogen) atoms. The van der Waals surface area contributed by atoms with E-state index in [0.29, 0.717) is 12.1 Å². The van der Waals surface area contributed by atoms with E-state index in [-0.39, 0.29) is 0 Å². The molecule has 1 aromatic rings. The molecule has 1 saturated heterocycles. The molecule has 0 aromatic carbocycles. The van der Waals surface area contributed by atoms with Crippen molar-refractivity contribution in [1.29, 1.82) is 0 Å². The Hall–Kier alpha value is -0.930. The monoisotopic (exact) mass is 287 g/mol. The number of hydrogen-bond donors (Lipinski definition) is 1. The molecule has 3 nitrogen and oxygen atoms in total. The Balaban J connectivity index is 1.64. The Morgan fingerprint density at radius 2 is 2.10 bits per heavy atom. The molecule has 116 valence electrons. The molecule has 1 aliphatic carbocycles. The van der Waals surface area contributed by atoms with Crippen molar-refractivity contribution < 1.29 is 0 Å². The standard InChI is InChI=1S/C18H29N3/c1-14-8-9-19-11-17(14)12-21-13-18(20-10-15(21)2)16-6-4-3-5-7-16/h8-9,11,15-16,18,20H,3-7,10,12-13H2,1-2H3. The van der Waals surface area contributed by atoms with Crippen molar-refractivity contribution in [2.75, 3.05) is 13.1 Å². The fourth-order valence-electron chi connectivity index (χ4n) is 3.90. The van der Waals surface area contributed by atoms with Gasteiger partial charge >= 0.3 is 0 Å². The summed E-state index contributed by atoms with van der Waals surface area (Å²) in [5.41, 5.74) is 2.75. The fourth-order valence-corrected chi connectivity index (χ4v) is 3.90. The van der Waals surface area contributed by atoms with Gasteiger partial charge in [-0.1, -0.05) is 19.3 Å². The van der Waals surface area contributed by atoms with Crippen LogP contribution in [0.5, 0.6) is 0 Å². The first-order valence-electron chi connectivity index (χ1n) is 8.61. The smallest absolute Gasteiger partial charge is 0.0315 e. The fraction of sp³-hybridized carbons (Fsp3) is 0.722. The summed E-state index contributed by atoms with van der Waals surface area (Å²) >= 11 is 0. The van der Waals surface area contributed by atoms with Crippen molar-refractivity contribution in [1.82, 2.24) is 15.2 Å². The number of nitrogens with one attached hydrogen (secondary N) is 1. The molecule has 1 aliphatic heterocycles. The first-order chi connectivity index (χ1) is 10.2. The van der Waals surface area contributed by atoms with Crippen molar-refractivity contribution in [3.63, 3.8) is 0 Å². The van der Waals surface area contributed by atoms with Gasteiger partial charge in [0.25, 0.3) is 0 Å². The highest BCUT2D eigenvalue weighted by Gasteiger charge is 2.31.